The lowest BCUT2D eigenvalue weighted by atomic mass is 10.2. The summed E-state index contributed by atoms with van der Waals surface area (Å²) >= 11 is 0. The molecule has 1 amide bonds. The molecule has 1 heterocycles. The molecule has 5 heteroatoms. The Kier molecular flexibility index (Phi) is 2.65. The van der Waals surface area contributed by atoms with Crippen molar-refractivity contribution in [2.45, 2.75) is 19.9 Å². The monoisotopic (exact) mass is 184 g/mol. The van der Waals surface area contributed by atoms with Gasteiger partial charge in [0, 0.05) is 6.92 Å². The topological polar surface area (TPSA) is 59.0 Å². The van der Waals surface area contributed by atoms with Crippen molar-refractivity contribution in [1.82, 2.24) is 4.90 Å². The number of methoxy groups -OCH3 is 1. The van der Waals surface area contributed by atoms with Crippen LogP contribution in [0.4, 0.5) is 0 Å². The molecule has 0 aromatic rings. The number of esters is 1. The van der Waals surface area contributed by atoms with E-state index >= 15 is 0 Å². The van der Waals surface area contributed by atoms with Crippen molar-refractivity contribution in [1.29, 1.82) is 0 Å². The summed E-state index contributed by atoms with van der Waals surface area (Å²) in [6.45, 7) is 3.41. The molecule has 1 aliphatic heterocycles. The third kappa shape index (κ3) is 1.68. The Hall–Kier alpha value is -1.39. The number of rotatable bonds is 1. The van der Waals surface area contributed by atoms with Gasteiger partial charge in [0.2, 0.25) is 5.91 Å². The smallest absolute Gasteiger partial charge is 0.330 e. The first-order valence-corrected chi connectivity index (χ1v) is 3.96. The fourth-order valence-electron chi connectivity index (χ4n) is 1.37. The van der Waals surface area contributed by atoms with Gasteiger partial charge in [0.15, 0.2) is 6.04 Å². The van der Waals surface area contributed by atoms with Gasteiger partial charge >= 0.3 is 5.97 Å². The zero-order valence-electron chi connectivity index (χ0n) is 7.90. The minimum atomic E-state index is -0.567. The van der Waals surface area contributed by atoms with Crippen LogP contribution in [0, 0.1) is 0 Å². The van der Waals surface area contributed by atoms with Crippen molar-refractivity contribution in [3.8, 4) is 0 Å². The predicted molar refractivity (Wildman–Crippen MR) is 46.3 cm³/mol. The lowest BCUT2D eigenvalue weighted by Gasteiger charge is -2.20. The lowest BCUT2D eigenvalue weighted by molar-refractivity contribution is -0.148. The molecule has 0 N–H and O–H groups in total. The Morgan fingerprint density at radius 1 is 1.62 bits per heavy atom. The van der Waals surface area contributed by atoms with Gasteiger partial charge in [0.05, 0.1) is 13.7 Å². The molecule has 72 valence electrons. The molecule has 0 saturated heterocycles. The van der Waals surface area contributed by atoms with Crippen LogP contribution in [-0.4, -0.2) is 42.3 Å². The maximum atomic E-state index is 11.2. The van der Waals surface area contributed by atoms with E-state index in [1.54, 1.807) is 6.92 Å². The Bertz CT molecular complexity index is 273. The molecule has 13 heavy (non-hydrogen) atoms. The summed E-state index contributed by atoms with van der Waals surface area (Å²) in [5, 5.41) is 0. The van der Waals surface area contributed by atoms with Crippen molar-refractivity contribution in [2.24, 2.45) is 4.99 Å². The maximum Gasteiger partial charge on any atom is 0.330 e. The number of nitrogens with zero attached hydrogens (tertiary/aromatic N) is 2. The first-order valence-electron chi connectivity index (χ1n) is 3.96. The average Bonchev–Trinajstić information content (AvgIpc) is 2.45. The Morgan fingerprint density at radius 3 is 2.69 bits per heavy atom. The van der Waals surface area contributed by atoms with Gasteiger partial charge in [-0.3, -0.25) is 14.7 Å². The largest absolute Gasteiger partial charge is 0.467 e. The standard InChI is InChI=1S/C8H12N2O3/c1-5-9-4-7(8(12)13-3)10(5)6(2)11/h7H,4H2,1-3H3. The highest BCUT2D eigenvalue weighted by Gasteiger charge is 2.34. The van der Waals surface area contributed by atoms with Crippen LogP contribution < -0.4 is 0 Å². The second-order valence-electron chi connectivity index (χ2n) is 2.82. The normalized spacial score (nSPS) is 21.3. The molecular weight excluding hydrogens is 172 g/mol. The Labute approximate surface area is 76.4 Å². The van der Waals surface area contributed by atoms with Gasteiger partial charge < -0.3 is 4.74 Å². The number of hydrogen-bond donors (Lipinski definition) is 0. The van der Waals surface area contributed by atoms with Crippen molar-refractivity contribution in [2.75, 3.05) is 13.7 Å². The summed E-state index contributed by atoms with van der Waals surface area (Å²) in [5.41, 5.74) is 0. The third-order valence-electron chi connectivity index (χ3n) is 1.97. The highest BCUT2D eigenvalue weighted by Crippen LogP contribution is 2.11. The molecule has 1 atom stereocenters. The van der Waals surface area contributed by atoms with Crippen molar-refractivity contribution < 1.29 is 14.3 Å². The molecule has 0 aliphatic carbocycles. The molecule has 1 aliphatic rings. The molecule has 0 saturated carbocycles. The first kappa shape index (κ1) is 9.70. The summed E-state index contributed by atoms with van der Waals surface area (Å²) in [5.74, 6) is -0.0344. The summed E-state index contributed by atoms with van der Waals surface area (Å²) in [6.07, 6.45) is 0. The van der Waals surface area contributed by atoms with Crippen molar-refractivity contribution >= 4 is 17.7 Å². The molecule has 1 unspecified atom stereocenters. The van der Waals surface area contributed by atoms with Crippen LogP contribution in [0.5, 0.6) is 0 Å². The molecule has 0 aromatic carbocycles. The number of aliphatic imine (C=N–C) groups is 1. The first-order chi connectivity index (χ1) is 6.07. The summed E-state index contributed by atoms with van der Waals surface area (Å²) in [4.78, 5) is 27.7. The quantitative estimate of drug-likeness (QED) is 0.530. The Morgan fingerprint density at radius 2 is 2.23 bits per heavy atom. The fraction of sp³-hybridized carbons (Fsp3) is 0.625. The van der Waals surface area contributed by atoms with Gasteiger partial charge in [-0.1, -0.05) is 0 Å². The van der Waals surface area contributed by atoms with E-state index in [-0.39, 0.29) is 5.91 Å². The number of amidine groups is 1. The van der Waals surface area contributed by atoms with Gasteiger partial charge in [-0.05, 0) is 6.92 Å². The van der Waals surface area contributed by atoms with Crippen LogP contribution in [-0.2, 0) is 14.3 Å². The SMILES string of the molecule is COC(=O)C1CN=C(C)N1C(C)=O. The van der Waals surface area contributed by atoms with E-state index in [1.807, 2.05) is 0 Å². The average molecular weight is 184 g/mol. The summed E-state index contributed by atoms with van der Waals surface area (Å²) < 4.78 is 4.56. The Balaban J connectivity index is 2.81. The van der Waals surface area contributed by atoms with Crippen molar-refractivity contribution in [3.05, 3.63) is 0 Å². The number of carbonyl (C=O) groups is 2. The van der Waals surface area contributed by atoms with Gasteiger partial charge in [0.25, 0.3) is 0 Å². The van der Waals surface area contributed by atoms with Gasteiger partial charge in [-0.2, -0.15) is 0 Å². The van der Waals surface area contributed by atoms with Crippen LogP contribution in [0.15, 0.2) is 4.99 Å². The minimum absolute atomic E-state index is 0.186. The summed E-state index contributed by atoms with van der Waals surface area (Å²) in [7, 11) is 1.30. The zero-order valence-corrected chi connectivity index (χ0v) is 7.90. The minimum Gasteiger partial charge on any atom is -0.467 e. The molecule has 1 rings (SSSR count). The van der Waals surface area contributed by atoms with Crippen LogP contribution in [0.3, 0.4) is 0 Å². The number of hydrogen-bond acceptors (Lipinski definition) is 4. The van der Waals surface area contributed by atoms with E-state index in [2.05, 4.69) is 9.73 Å². The highest BCUT2D eigenvalue weighted by atomic mass is 16.5. The van der Waals surface area contributed by atoms with Crippen LogP contribution >= 0.6 is 0 Å². The second-order valence-corrected chi connectivity index (χ2v) is 2.82. The predicted octanol–water partition coefficient (Wildman–Crippen LogP) is -0.192. The number of carbonyl (C=O) groups excluding carboxylic acids is 2. The molecule has 0 radical (unpaired) electrons. The van der Waals surface area contributed by atoms with Crippen LogP contribution in [0.1, 0.15) is 13.8 Å². The molecule has 0 aromatic heterocycles. The molecule has 0 bridgehead atoms. The van der Waals surface area contributed by atoms with E-state index in [9.17, 15) is 9.59 Å². The molecule has 0 fully saturated rings. The number of amides is 1. The molecular formula is C8H12N2O3. The lowest BCUT2D eigenvalue weighted by Crippen LogP contribution is -2.44. The fourth-order valence-corrected chi connectivity index (χ4v) is 1.37. The van der Waals surface area contributed by atoms with Gasteiger partial charge in [-0.15, -0.1) is 0 Å². The van der Waals surface area contributed by atoms with Crippen LogP contribution in [0.2, 0.25) is 0 Å². The molecule has 5 nitrogen and oxygen atoms in total. The van der Waals surface area contributed by atoms with E-state index in [0.717, 1.165) is 0 Å². The van der Waals surface area contributed by atoms with Gasteiger partial charge in [0.1, 0.15) is 5.84 Å². The zero-order chi connectivity index (χ0) is 10.0. The third-order valence-corrected chi connectivity index (χ3v) is 1.97. The summed E-state index contributed by atoms with van der Waals surface area (Å²) in [6, 6.07) is -0.567. The van der Waals surface area contributed by atoms with E-state index in [4.69, 9.17) is 0 Å². The van der Waals surface area contributed by atoms with E-state index in [0.29, 0.717) is 12.4 Å². The number of ether oxygens (including phenoxy) is 1. The highest BCUT2D eigenvalue weighted by molar-refractivity contribution is 6.01. The van der Waals surface area contributed by atoms with E-state index in [1.165, 1.54) is 18.9 Å². The second kappa shape index (κ2) is 3.55. The van der Waals surface area contributed by atoms with Crippen molar-refractivity contribution in [3.63, 3.8) is 0 Å². The molecule has 0 spiro atoms. The van der Waals surface area contributed by atoms with E-state index < -0.39 is 12.0 Å². The van der Waals surface area contributed by atoms with Crippen LogP contribution in [0.25, 0.3) is 0 Å². The van der Waals surface area contributed by atoms with Gasteiger partial charge in [-0.25, -0.2) is 4.79 Å². The maximum absolute atomic E-state index is 11.2.